The van der Waals surface area contributed by atoms with E-state index in [0.29, 0.717) is 12.1 Å². The van der Waals surface area contributed by atoms with Crippen molar-refractivity contribution < 1.29 is 9.90 Å². The van der Waals surface area contributed by atoms with E-state index in [0.717, 1.165) is 30.6 Å². The number of nitrogens with zero attached hydrogens (tertiary/aromatic N) is 2. The fourth-order valence-electron chi connectivity index (χ4n) is 3.01. The fourth-order valence-corrected chi connectivity index (χ4v) is 3.01. The second kappa shape index (κ2) is 6.06. The maximum atomic E-state index is 11.3. The minimum atomic E-state index is -0.862. The van der Waals surface area contributed by atoms with Crippen LogP contribution in [-0.4, -0.2) is 27.5 Å². The molecule has 0 spiro atoms. The van der Waals surface area contributed by atoms with Gasteiger partial charge >= 0.3 is 5.97 Å². The molecule has 0 aliphatic carbocycles. The highest BCUT2D eigenvalue weighted by Gasteiger charge is 2.27. The van der Waals surface area contributed by atoms with Gasteiger partial charge in [-0.2, -0.15) is 0 Å². The van der Waals surface area contributed by atoms with Crippen molar-refractivity contribution in [3.63, 3.8) is 0 Å². The van der Waals surface area contributed by atoms with Gasteiger partial charge in [-0.3, -0.25) is 9.88 Å². The normalized spacial score (nSPS) is 18.8. The number of carboxylic acids is 1. The highest BCUT2D eigenvalue weighted by molar-refractivity contribution is 5.89. The summed E-state index contributed by atoms with van der Waals surface area (Å²) in [5.74, 6) is -0.862. The number of pyridine rings is 1. The van der Waals surface area contributed by atoms with E-state index in [9.17, 15) is 9.90 Å². The Kier molecular flexibility index (Phi) is 3.97. The van der Waals surface area contributed by atoms with Crippen LogP contribution in [0.3, 0.4) is 0 Å². The standard InChI is InChI=1S/C17H18N2O2/c20-17(21)14-7-2-1-6-13(14)12-19-11-5-9-16(19)15-8-3-4-10-18-15/h1-4,6-8,10,16H,5,9,11-12H2,(H,20,21). The van der Waals surface area contributed by atoms with Crippen molar-refractivity contribution in [2.45, 2.75) is 25.4 Å². The minimum absolute atomic E-state index is 0.285. The summed E-state index contributed by atoms with van der Waals surface area (Å²) in [7, 11) is 0. The monoisotopic (exact) mass is 282 g/mol. The van der Waals surface area contributed by atoms with Crippen molar-refractivity contribution in [2.75, 3.05) is 6.54 Å². The molecule has 0 bridgehead atoms. The molecular weight excluding hydrogens is 264 g/mol. The molecule has 1 aromatic heterocycles. The van der Waals surface area contributed by atoms with Gasteiger partial charge in [-0.25, -0.2) is 4.79 Å². The molecule has 1 fully saturated rings. The number of aromatic nitrogens is 1. The Hall–Kier alpha value is -2.20. The first-order chi connectivity index (χ1) is 10.3. The first-order valence-corrected chi connectivity index (χ1v) is 7.22. The predicted molar refractivity (Wildman–Crippen MR) is 80.0 cm³/mol. The highest BCUT2D eigenvalue weighted by Crippen LogP contribution is 2.32. The average Bonchev–Trinajstić information content (AvgIpc) is 2.96. The Labute approximate surface area is 124 Å². The lowest BCUT2D eigenvalue weighted by atomic mass is 10.1. The molecule has 0 saturated carbocycles. The first kappa shape index (κ1) is 13.8. The molecule has 2 aromatic rings. The predicted octanol–water partition coefficient (Wildman–Crippen LogP) is 3.12. The van der Waals surface area contributed by atoms with Crippen LogP contribution in [0.5, 0.6) is 0 Å². The third-order valence-corrected chi connectivity index (χ3v) is 4.01. The van der Waals surface area contributed by atoms with Crippen LogP contribution in [0.2, 0.25) is 0 Å². The summed E-state index contributed by atoms with van der Waals surface area (Å²) in [6.07, 6.45) is 4.01. The van der Waals surface area contributed by atoms with E-state index < -0.39 is 5.97 Å². The summed E-state index contributed by atoms with van der Waals surface area (Å²) >= 11 is 0. The van der Waals surface area contributed by atoms with E-state index >= 15 is 0 Å². The zero-order chi connectivity index (χ0) is 14.7. The molecule has 4 heteroatoms. The van der Waals surface area contributed by atoms with Crippen LogP contribution in [0, 0.1) is 0 Å². The van der Waals surface area contributed by atoms with E-state index in [1.165, 1.54) is 0 Å². The summed E-state index contributed by atoms with van der Waals surface area (Å²) in [5.41, 5.74) is 2.33. The van der Waals surface area contributed by atoms with Crippen molar-refractivity contribution in [1.29, 1.82) is 0 Å². The Morgan fingerprint density at radius 3 is 2.81 bits per heavy atom. The largest absolute Gasteiger partial charge is 0.478 e. The first-order valence-electron chi connectivity index (χ1n) is 7.22. The van der Waals surface area contributed by atoms with Crippen molar-refractivity contribution in [2.24, 2.45) is 0 Å². The average molecular weight is 282 g/mol. The van der Waals surface area contributed by atoms with E-state index in [-0.39, 0.29) is 6.04 Å². The summed E-state index contributed by atoms with van der Waals surface area (Å²) in [6, 6.07) is 13.5. The highest BCUT2D eigenvalue weighted by atomic mass is 16.4. The maximum absolute atomic E-state index is 11.3. The molecule has 0 radical (unpaired) electrons. The van der Waals surface area contributed by atoms with E-state index in [2.05, 4.69) is 9.88 Å². The number of carboxylic acid groups (broad SMARTS) is 1. The lowest BCUT2D eigenvalue weighted by Gasteiger charge is -2.24. The van der Waals surface area contributed by atoms with Crippen molar-refractivity contribution in [3.8, 4) is 0 Å². The Bertz CT molecular complexity index is 628. The number of hydrogen-bond acceptors (Lipinski definition) is 3. The SMILES string of the molecule is O=C(O)c1ccccc1CN1CCCC1c1ccccn1. The molecule has 1 N–H and O–H groups in total. The van der Waals surface area contributed by atoms with E-state index in [1.54, 1.807) is 12.1 Å². The Morgan fingerprint density at radius 2 is 2.05 bits per heavy atom. The second-order valence-corrected chi connectivity index (χ2v) is 5.35. The van der Waals surface area contributed by atoms with Gasteiger partial charge in [0, 0.05) is 12.7 Å². The van der Waals surface area contributed by atoms with Gasteiger partial charge in [0.25, 0.3) is 0 Å². The second-order valence-electron chi connectivity index (χ2n) is 5.35. The molecule has 1 unspecified atom stereocenters. The minimum Gasteiger partial charge on any atom is -0.478 e. The number of likely N-dealkylation sites (tertiary alicyclic amines) is 1. The molecule has 4 nitrogen and oxygen atoms in total. The molecule has 0 amide bonds. The van der Waals surface area contributed by atoms with Crippen LogP contribution in [0.1, 0.15) is 40.5 Å². The van der Waals surface area contributed by atoms with Crippen LogP contribution >= 0.6 is 0 Å². The molecule has 3 rings (SSSR count). The molecule has 1 aliphatic heterocycles. The van der Waals surface area contributed by atoms with Crippen molar-refractivity contribution in [3.05, 3.63) is 65.5 Å². The Balaban J connectivity index is 1.83. The third-order valence-electron chi connectivity index (χ3n) is 4.01. The van der Waals surface area contributed by atoms with Crippen molar-refractivity contribution in [1.82, 2.24) is 9.88 Å². The number of aromatic carboxylic acids is 1. The van der Waals surface area contributed by atoms with Gasteiger partial charge in [-0.15, -0.1) is 0 Å². The molecule has 1 aliphatic rings. The molecule has 1 aromatic carbocycles. The summed E-state index contributed by atoms with van der Waals surface area (Å²) in [5, 5.41) is 9.29. The van der Waals surface area contributed by atoms with Crippen LogP contribution in [0.25, 0.3) is 0 Å². The van der Waals surface area contributed by atoms with Crippen LogP contribution in [0.4, 0.5) is 0 Å². The van der Waals surface area contributed by atoms with Gasteiger partial charge in [-0.1, -0.05) is 24.3 Å². The topological polar surface area (TPSA) is 53.4 Å². The molecular formula is C17H18N2O2. The van der Waals surface area contributed by atoms with Gasteiger partial charge < -0.3 is 5.11 Å². The summed E-state index contributed by atoms with van der Waals surface area (Å²) < 4.78 is 0. The fraction of sp³-hybridized carbons (Fsp3) is 0.294. The Morgan fingerprint density at radius 1 is 1.24 bits per heavy atom. The smallest absolute Gasteiger partial charge is 0.336 e. The van der Waals surface area contributed by atoms with Crippen molar-refractivity contribution >= 4 is 5.97 Å². The van der Waals surface area contributed by atoms with Gasteiger partial charge in [0.1, 0.15) is 0 Å². The lowest BCUT2D eigenvalue weighted by molar-refractivity contribution is 0.0694. The summed E-state index contributed by atoms with van der Waals surface area (Å²) in [6.45, 7) is 1.64. The number of rotatable bonds is 4. The molecule has 1 atom stereocenters. The third kappa shape index (κ3) is 2.95. The van der Waals surface area contributed by atoms with Crippen LogP contribution in [-0.2, 0) is 6.54 Å². The molecule has 108 valence electrons. The molecule has 21 heavy (non-hydrogen) atoms. The molecule has 2 heterocycles. The molecule has 1 saturated heterocycles. The van der Waals surface area contributed by atoms with Crippen LogP contribution < -0.4 is 0 Å². The lowest BCUT2D eigenvalue weighted by Crippen LogP contribution is -2.24. The quantitative estimate of drug-likeness (QED) is 0.936. The van der Waals surface area contributed by atoms with Crippen LogP contribution in [0.15, 0.2) is 48.7 Å². The van der Waals surface area contributed by atoms with Gasteiger partial charge in [0.2, 0.25) is 0 Å². The number of carbonyl (C=O) groups is 1. The van der Waals surface area contributed by atoms with Gasteiger partial charge in [0.15, 0.2) is 0 Å². The zero-order valence-electron chi connectivity index (χ0n) is 11.8. The summed E-state index contributed by atoms with van der Waals surface area (Å²) in [4.78, 5) is 18.1. The number of benzene rings is 1. The van der Waals surface area contributed by atoms with E-state index in [1.807, 2.05) is 36.5 Å². The van der Waals surface area contributed by atoms with Gasteiger partial charge in [-0.05, 0) is 43.1 Å². The maximum Gasteiger partial charge on any atom is 0.336 e. The van der Waals surface area contributed by atoms with Gasteiger partial charge in [0.05, 0.1) is 17.3 Å². The van der Waals surface area contributed by atoms with E-state index in [4.69, 9.17) is 0 Å². The zero-order valence-corrected chi connectivity index (χ0v) is 11.8. The number of hydrogen-bond donors (Lipinski definition) is 1.